The zero-order chi connectivity index (χ0) is 17.0. The van der Waals surface area contributed by atoms with Gasteiger partial charge in [-0.3, -0.25) is 14.5 Å². The average Bonchev–Trinajstić information content (AvgIpc) is 2.47. The van der Waals surface area contributed by atoms with E-state index in [0.717, 1.165) is 44.9 Å². The van der Waals surface area contributed by atoms with E-state index in [9.17, 15) is 9.59 Å². The minimum Gasteiger partial charge on any atom is -0.275 e. The number of unbranched alkanes of at least 4 members (excludes halogenated alkanes) is 6. The van der Waals surface area contributed by atoms with Gasteiger partial charge in [-0.1, -0.05) is 65.2 Å². The topological polar surface area (TPSA) is 37.4 Å². The Morgan fingerprint density at radius 1 is 0.955 bits per heavy atom. The van der Waals surface area contributed by atoms with Crippen LogP contribution >= 0.6 is 0 Å². The molecule has 0 aromatic heterocycles. The molecule has 22 heavy (non-hydrogen) atoms. The van der Waals surface area contributed by atoms with Crippen molar-refractivity contribution in [2.24, 2.45) is 0 Å². The molecule has 1 atom stereocenters. The Hall–Kier alpha value is -1.30. The highest BCUT2D eigenvalue weighted by Crippen LogP contribution is 2.29. The van der Waals surface area contributed by atoms with Crippen molar-refractivity contribution in [3.63, 3.8) is 0 Å². The van der Waals surface area contributed by atoms with E-state index >= 15 is 0 Å². The van der Waals surface area contributed by atoms with Gasteiger partial charge in [0.05, 0.1) is 0 Å². The first-order valence-corrected chi connectivity index (χ1v) is 8.74. The molecule has 0 aromatic rings. The molecule has 0 aliphatic rings. The van der Waals surface area contributed by atoms with Gasteiger partial charge >= 0.3 is 5.91 Å². The first-order valence-electron chi connectivity index (χ1n) is 8.74. The van der Waals surface area contributed by atoms with Crippen molar-refractivity contribution in [1.29, 1.82) is 0 Å². The van der Waals surface area contributed by atoms with Crippen molar-refractivity contribution in [2.45, 2.75) is 97.4 Å². The molecule has 0 heterocycles. The number of carbonyl (C=O) groups is 2. The molecule has 0 saturated carbocycles. The molecule has 2 amide bonds. The largest absolute Gasteiger partial charge is 0.305 e. The van der Waals surface area contributed by atoms with Gasteiger partial charge in [0, 0.05) is 12.5 Å². The number of rotatable bonds is 11. The fourth-order valence-corrected chi connectivity index (χ4v) is 3.05. The van der Waals surface area contributed by atoms with Gasteiger partial charge in [-0.25, -0.2) is 0 Å². The third-order valence-corrected chi connectivity index (χ3v) is 4.32. The Balaban J connectivity index is 4.92. The number of carbonyl (C=O) groups excluding carboxylic acids is 2. The maximum absolute atomic E-state index is 12.0. The summed E-state index contributed by atoms with van der Waals surface area (Å²) >= 11 is 0. The maximum atomic E-state index is 12.0. The number of terminal acetylenes is 1. The molecule has 0 fully saturated rings. The normalized spacial score (nSPS) is 13.2. The monoisotopic (exact) mass is 307 g/mol. The molecule has 0 aliphatic heterocycles. The summed E-state index contributed by atoms with van der Waals surface area (Å²) < 4.78 is 0. The van der Waals surface area contributed by atoms with E-state index in [4.69, 9.17) is 6.42 Å². The smallest absolute Gasteiger partial charge is 0.275 e. The van der Waals surface area contributed by atoms with E-state index in [1.165, 1.54) is 31.1 Å². The lowest BCUT2D eigenvalue weighted by molar-refractivity contribution is -0.147. The molecule has 0 aliphatic carbocycles. The summed E-state index contributed by atoms with van der Waals surface area (Å²) in [5.74, 6) is 1.38. The van der Waals surface area contributed by atoms with Gasteiger partial charge in [0.1, 0.15) is 0 Å². The second-order valence-corrected chi connectivity index (χ2v) is 6.42. The minimum atomic E-state index is -0.500. The van der Waals surface area contributed by atoms with Crippen molar-refractivity contribution in [3.8, 4) is 12.3 Å². The van der Waals surface area contributed by atoms with Crippen LogP contribution in [-0.2, 0) is 9.59 Å². The van der Waals surface area contributed by atoms with Crippen LogP contribution in [0, 0.1) is 12.3 Å². The van der Waals surface area contributed by atoms with Crippen LogP contribution in [0.25, 0.3) is 0 Å². The first-order chi connectivity index (χ1) is 10.4. The zero-order valence-corrected chi connectivity index (χ0v) is 14.9. The lowest BCUT2D eigenvalue weighted by atomic mass is 9.86. The Morgan fingerprint density at radius 2 is 1.41 bits per heavy atom. The summed E-state index contributed by atoms with van der Waals surface area (Å²) in [6.07, 6.45) is 16.0. The highest BCUT2D eigenvalue weighted by molar-refractivity contribution is 6.04. The average molecular weight is 307 g/mol. The Kier molecular flexibility index (Phi) is 10.6. The van der Waals surface area contributed by atoms with Crippen molar-refractivity contribution < 1.29 is 9.59 Å². The predicted octanol–water partition coefficient (Wildman–Crippen LogP) is 4.69. The second-order valence-electron chi connectivity index (χ2n) is 6.42. The van der Waals surface area contributed by atoms with E-state index < -0.39 is 11.4 Å². The molecular formula is C19H33NO2. The molecule has 3 nitrogen and oxygen atoms in total. The van der Waals surface area contributed by atoms with Crippen LogP contribution in [0.1, 0.15) is 91.9 Å². The molecule has 0 radical (unpaired) electrons. The van der Waals surface area contributed by atoms with Crippen molar-refractivity contribution >= 4 is 11.8 Å². The molecule has 0 spiro atoms. The van der Waals surface area contributed by atoms with Gasteiger partial charge in [-0.15, -0.1) is 6.42 Å². The maximum Gasteiger partial charge on any atom is 0.305 e. The number of amides is 2. The van der Waals surface area contributed by atoms with Gasteiger partial charge in [-0.05, 0) is 25.7 Å². The number of nitrogens with zero attached hydrogens (tertiary/aromatic N) is 1. The summed E-state index contributed by atoms with van der Waals surface area (Å²) in [7, 11) is 0. The Morgan fingerprint density at radius 3 is 1.86 bits per heavy atom. The molecule has 3 heteroatoms. The van der Waals surface area contributed by atoms with Crippen molar-refractivity contribution in [1.82, 2.24) is 4.90 Å². The van der Waals surface area contributed by atoms with E-state index in [1.54, 1.807) is 0 Å². The lowest BCUT2D eigenvalue weighted by Crippen LogP contribution is -2.52. The fourth-order valence-electron chi connectivity index (χ4n) is 3.05. The summed E-state index contributed by atoms with van der Waals surface area (Å²) in [5, 5.41) is 0. The van der Waals surface area contributed by atoms with E-state index in [0.29, 0.717) is 0 Å². The first kappa shape index (κ1) is 20.7. The number of imide groups is 1. The van der Waals surface area contributed by atoms with Gasteiger partial charge in [-0.2, -0.15) is 0 Å². The zero-order valence-electron chi connectivity index (χ0n) is 14.9. The Labute approximate surface area is 136 Å². The minimum absolute atomic E-state index is 0.240. The quantitative estimate of drug-likeness (QED) is 0.410. The molecule has 126 valence electrons. The third kappa shape index (κ3) is 7.11. The second kappa shape index (κ2) is 11.3. The molecule has 0 rings (SSSR count). The van der Waals surface area contributed by atoms with Crippen LogP contribution < -0.4 is 0 Å². The molecular weight excluding hydrogens is 274 g/mol. The number of hydrogen-bond acceptors (Lipinski definition) is 2. The van der Waals surface area contributed by atoms with E-state index in [1.807, 2.05) is 6.92 Å². The lowest BCUT2D eigenvalue weighted by Gasteiger charge is -2.39. The summed E-state index contributed by atoms with van der Waals surface area (Å²) in [6, 6.07) is 0. The van der Waals surface area contributed by atoms with Crippen molar-refractivity contribution in [2.75, 3.05) is 0 Å². The van der Waals surface area contributed by atoms with Crippen LogP contribution in [0.5, 0.6) is 0 Å². The highest BCUT2D eigenvalue weighted by atomic mass is 16.2. The van der Waals surface area contributed by atoms with Crippen molar-refractivity contribution in [3.05, 3.63) is 0 Å². The number of hydrogen-bond donors (Lipinski definition) is 0. The SMILES string of the molecule is C#CC(=O)N(C(C)=O)C(C)(CCCCC)CCCCCCC. The van der Waals surface area contributed by atoms with Crippen LogP contribution in [0.15, 0.2) is 0 Å². The molecule has 0 saturated heterocycles. The summed E-state index contributed by atoms with van der Waals surface area (Å²) in [5.41, 5.74) is -0.448. The molecule has 0 N–H and O–H groups in total. The predicted molar refractivity (Wildman–Crippen MR) is 92.3 cm³/mol. The highest BCUT2D eigenvalue weighted by Gasteiger charge is 2.36. The Bertz CT molecular complexity index is 383. The molecule has 0 bridgehead atoms. The third-order valence-electron chi connectivity index (χ3n) is 4.32. The fraction of sp³-hybridized carbons (Fsp3) is 0.789. The van der Waals surface area contributed by atoms with Gasteiger partial charge in [0.15, 0.2) is 0 Å². The molecule has 0 aromatic carbocycles. The van der Waals surface area contributed by atoms with Crippen LogP contribution in [-0.4, -0.2) is 22.3 Å². The van der Waals surface area contributed by atoms with Crippen LogP contribution in [0.3, 0.4) is 0 Å². The standard InChI is InChI=1S/C19H33NO2/c1-6-9-11-12-14-16-19(5,15-13-10-7-2)20(17(4)21)18(22)8-3/h3H,6-7,9-16H2,1-2,4-5H3. The summed E-state index contributed by atoms with van der Waals surface area (Å²) in [6.45, 7) is 7.79. The van der Waals surface area contributed by atoms with E-state index in [2.05, 4.69) is 19.8 Å². The summed E-state index contributed by atoms with van der Waals surface area (Å²) in [4.78, 5) is 25.3. The van der Waals surface area contributed by atoms with Gasteiger partial charge in [0.2, 0.25) is 5.91 Å². The van der Waals surface area contributed by atoms with Crippen LogP contribution in [0.4, 0.5) is 0 Å². The molecule has 1 unspecified atom stereocenters. The van der Waals surface area contributed by atoms with Crippen LogP contribution in [0.2, 0.25) is 0 Å². The van der Waals surface area contributed by atoms with E-state index in [-0.39, 0.29) is 5.91 Å². The van der Waals surface area contributed by atoms with Gasteiger partial charge in [0.25, 0.3) is 0 Å². The van der Waals surface area contributed by atoms with Gasteiger partial charge < -0.3 is 0 Å².